The molecule has 1 aliphatic rings. The van der Waals surface area contributed by atoms with Crippen molar-refractivity contribution in [2.75, 3.05) is 30.8 Å². The van der Waals surface area contributed by atoms with Crippen molar-refractivity contribution in [2.24, 2.45) is 11.1 Å². The predicted octanol–water partition coefficient (Wildman–Crippen LogP) is 0.330. The molecule has 6 nitrogen and oxygen atoms in total. The maximum atomic E-state index is 11.9. The van der Waals surface area contributed by atoms with Gasteiger partial charge in [-0.1, -0.05) is 0 Å². The number of nitrogens with one attached hydrogen (secondary N) is 1. The normalized spacial score (nSPS) is 21.8. The van der Waals surface area contributed by atoms with Gasteiger partial charge in [0.2, 0.25) is 5.91 Å². The number of anilines is 2. The van der Waals surface area contributed by atoms with Gasteiger partial charge in [-0.2, -0.15) is 0 Å². The summed E-state index contributed by atoms with van der Waals surface area (Å²) in [6.07, 6.45) is 0.722. The second-order valence-corrected chi connectivity index (χ2v) is 5.45. The molecule has 0 radical (unpaired) electrons. The van der Waals surface area contributed by atoms with E-state index < -0.39 is 11.3 Å². The number of rotatable bonds is 3. The van der Waals surface area contributed by atoms with E-state index in [4.69, 9.17) is 11.5 Å². The van der Waals surface area contributed by atoms with Crippen LogP contribution in [0.4, 0.5) is 11.4 Å². The number of carbonyl (C=O) groups is 2. The smallest absolute Gasteiger partial charge is 0.250 e. The highest BCUT2D eigenvalue weighted by molar-refractivity contribution is 5.99. The minimum Gasteiger partial charge on any atom is -0.399 e. The molecule has 0 aromatic heterocycles. The number of hydrogen-bond acceptors (Lipinski definition) is 4. The van der Waals surface area contributed by atoms with Crippen LogP contribution < -0.4 is 21.7 Å². The standard InChI is InChI=1S/C14H20N4O2/c1-14(13(20)17-2)5-6-18(8-14)11-7-9(15)3-4-10(11)12(16)19/h3-4,7H,5-6,8,15H2,1-2H3,(H2,16,19)(H,17,20). The zero-order valence-corrected chi connectivity index (χ0v) is 11.8. The SMILES string of the molecule is CNC(=O)C1(C)CCN(c2cc(N)ccc2C(N)=O)C1. The van der Waals surface area contributed by atoms with Crippen molar-refractivity contribution >= 4 is 23.2 Å². The van der Waals surface area contributed by atoms with E-state index >= 15 is 0 Å². The van der Waals surface area contributed by atoms with Gasteiger partial charge in [0, 0.05) is 25.8 Å². The van der Waals surface area contributed by atoms with Crippen LogP contribution in [-0.4, -0.2) is 32.0 Å². The average Bonchev–Trinajstić information content (AvgIpc) is 2.81. The van der Waals surface area contributed by atoms with E-state index in [1.54, 1.807) is 25.2 Å². The summed E-state index contributed by atoms with van der Waals surface area (Å²) in [6.45, 7) is 3.14. The molecule has 1 aromatic rings. The molecule has 1 aliphatic heterocycles. The van der Waals surface area contributed by atoms with Gasteiger partial charge in [0.1, 0.15) is 0 Å². The number of hydrogen-bond donors (Lipinski definition) is 3. The molecule has 0 saturated carbocycles. The molecule has 1 atom stereocenters. The van der Waals surface area contributed by atoms with Gasteiger partial charge >= 0.3 is 0 Å². The average molecular weight is 276 g/mol. The number of amides is 2. The number of nitrogen functional groups attached to an aromatic ring is 1. The Morgan fingerprint density at radius 2 is 2.10 bits per heavy atom. The highest BCUT2D eigenvalue weighted by atomic mass is 16.2. The van der Waals surface area contributed by atoms with Crippen LogP contribution in [0.2, 0.25) is 0 Å². The Morgan fingerprint density at radius 3 is 2.70 bits per heavy atom. The highest BCUT2D eigenvalue weighted by Gasteiger charge is 2.40. The van der Waals surface area contributed by atoms with Crippen LogP contribution in [0.5, 0.6) is 0 Å². The predicted molar refractivity (Wildman–Crippen MR) is 78.4 cm³/mol. The molecular formula is C14H20N4O2. The van der Waals surface area contributed by atoms with Crippen LogP contribution in [0.1, 0.15) is 23.7 Å². The molecule has 20 heavy (non-hydrogen) atoms. The van der Waals surface area contributed by atoms with Crippen molar-refractivity contribution in [1.82, 2.24) is 5.32 Å². The lowest BCUT2D eigenvalue weighted by molar-refractivity contribution is -0.128. The Hall–Kier alpha value is -2.24. The van der Waals surface area contributed by atoms with Crippen molar-refractivity contribution in [2.45, 2.75) is 13.3 Å². The topological polar surface area (TPSA) is 101 Å². The van der Waals surface area contributed by atoms with Gasteiger partial charge in [-0.3, -0.25) is 9.59 Å². The second kappa shape index (κ2) is 5.03. The van der Waals surface area contributed by atoms with Crippen molar-refractivity contribution in [3.05, 3.63) is 23.8 Å². The first kappa shape index (κ1) is 14.2. The molecule has 1 aromatic carbocycles. The number of primary amides is 1. The number of nitrogens with two attached hydrogens (primary N) is 2. The summed E-state index contributed by atoms with van der Waals surface area (Å²) in [6, 6.07) is 5.01. The first-order valence-corrected chi connectivity index (χ1v) is 6.54. The van der Waals surface area contributed by atoms with Gasteiger partial charge in [-0.15, -0.1) is 0 Å². The molecule has 2 amide bonds. The fraction of sp³-hybridized carbons (Fsp3) is 0.429. The molecule has 0 spiro atoms. The number of carbonyl (C=O) groups excluding carboxylic acids is 2. The lowest BCUT2D eigenvalue weighted by Crippen LogP contribution is -2.39. The van der Waals surface area contributed by atoms with Crippen LogP contribution in [0.3, 0.4) is 0 Å². The van der Waals surface area contributed by atoms with E-state index in [0.29, 0.717) is 30.0 Å². The van der Waals surface area contributed by atoms with Crippen molar-refractivity contribution in [3.8, 4) is 0 Å². The van der Waals surface area contributed by atoms with E-state index in [-0.39, 0.29) is 5.91 Å². The Labute approximate surface area is 118 Å². The van der Waals surface area contributed by atoms with Crippen LogP contribution in [-0.2, 0) is 4.79 Å². The summed E-state index contributed by atoms with van der Waals surface area (Å²) in [7, 11) is 1.63. The minimum absolute atomic E-state index is 0.00419. The zero-order valence-electron chi connectivity index (χ0n) is 11.8. The molecule has 1 fully saturated rings. The Morgan fingerprint density at radius 1 is 1.40 bits per heavy atom. The number of nitrogens with zero attached hydrogens (tertiary/aromatic N) is 1. The quantitative estimate of drug-likeness (QED) is 0.692. The lowest BCUT2D eigenvalue weighted by atomic mass is 9.89. The molecule has 0 aliphatic carbocycles. The molecular weight excluding hydrogens is 256 g/mol. The summed E-state index contributed by atoms with van der Waals surface area (Å²) in [4.78, 5) is 25.5. The lowest BCUT2D eigenvalue weighted by Gasteiger charge is -2.25. The van der Waals surface area contributed by atoms with Crippen LogP contribution >= 0.6 is 0 Å². The van der Waals surface area contributed by atoms with Gasteiger partial charge in [0.05, 0.1) is 16.7 Å². The first-order valence-electron chi connectivity index (χ1n) is 6.54. The van der Waals surface area contributed by atoms with Gasteiger partial charge < -0.3 is 21.7 Å². The van der Waals surface area contributed by atoms with Crippen molar-refractivity contribution in [1.29, 1.82) is 0 Å². The van der Waals surface area contributed by atoms with Crippen LogP contribution in [0.25, 0.3) is 0 Å². The van der Waals surface area contributed by atoms with Crippen molar-refractivity contribution < 1.29 is 9.59 Å². The summed E-state index contributed by atoms with van der Waals surface area (Å²) in [5.74, 6) is -0.488. The summed E-state index contributed by atoms with van der Waals surface area (Å²) in [5.41, 5.74) is 12.4. The summed E-state index contributed by atoms with van der Waals surface area (Å²) < 4.78 is 0. The fourth-order valence-corrected chi connectivity index (χ4v) is 2.67. The molecule has 6 heteroatoms. The van der Waals surface area contributed by atoms with Crippen molar-refractivity contribution in [3.63, 3.8) is 0 Å². The molecule has 1 unspecified atom stereocenters. The summed E-state index contributed by atoms with van der Waals surface area (Å²) in [5, 5.41) is 2.69. The first-order chi connectivity index (χ1) is 9.37. The highest BCUT2D eigenvalue weighted by Crippen LogP contribution is 2.35. The van der Waals surface area contributed by atoms with E-state index in [0.717, 1.165) is 6.42 Å². The third-order valence-corrected chi connectivity index (χ3v) is 3.88. The Bertz CT molecular complexity index is 558. The Kier molecular flexibility index (Phi) is 3.57. The fourth-order valence-electron chi connectivity index (χ4n) is 2.67. The van der Waals surface area contributed by atoms with E-state index in [1.165, 1.54) is 0 Å². The molecule has 1 heterocycles. The molecule has 108 valence electrons. The largest absolute Gasteiger partial charge is 0.399 e. The molecule has 0 bridgehead atoms. The van der Waals surface area contributed by atoms with E-state index in [1.807, 2.05) is 11.8 Å². The molecule has 5 N–H and O–H groups in total. The third kappa shape index (κ3) is 2.41. The van der Waals surface area contributed by atoms with Gasteiger partial charge in [-0.25, -0.2) is 0 Å². The van der Waals surface area contributed by atoms with Gasteiger partial charge in [0.25, 0.3) is 5.91 Å². The van der Waals surface area contributed by atoms with E-state index in [9.17, 15) is 9.59 Å². The second-order valence-electron chi connectivity index (χ2n) is 5.45. The number of benzene rings is 1. The Balaban J connectivity index is 2.33. The maximum Gasteiger partial charge on any atom is 0.250 e. The van der Waals surface area contributed by atoms with Gasteiger partial charge in [0.15, 0.2) is 0 Å². The van der Waals surface area contributed by atoms with Crippen LogP contribution in [0, 0.1) is 5.41 Å². The minimum atomic E-state index is -0.492. The monoisotopic (exact) mass is 276 g/mol. The zero-order chi connectivity index (χ0) is 14.9. The molecule has 2 rings (SSSR count). The van der Waals surface area contributed by atoms with E-state index in [2.05, 4.69) is 5.32 Å². The third-order valence-electron chi connectivity index (χ3n) is 3.88. The van der Waals surface area contributed by atoms with Gasteiger partial charge in [-0.05, 0) is 31.5 Å². The maximum absolute atomic E-state index is 11.9. The molecule has 1 saturated heterocycles. The van der Waals surface area contributed by atoms with Crippen LogP contribution in [0.15, 0.2) is 18.2 Å². The summed E-state index contributed by atoms with van der Waals surface area (Å²) >= 11 is 0.